The van der Waals surface area contributed by atoms with Crippen molar-refractivity contribution < 1.29 is 4.42 Å². The van der Waals surface area contributed by atoms with Crippen molar-refractivity contribution in [3.05, 3.63) is 72.8 Å². The van der Waals surface area contributed by atoms with Crippen LogP contribution in [0.5, 0.6) is 0 Å². The number of rotatable bonds is 1. The molecule has 0 saturated heterocycles. The Morgan fingerprint density at radius 2 is 1.68 bits per heavy atom. The van der Waals surface area contributed by atoms with Crippen LogP contribution in [0.15, 0.2) is 77.2 Å². The van der Waals surface area contributed by atoms with Crippen LogP contribution in [-0.2, 0) is 0 Å². The molecular weight excluding hydrogens is 310 g/mol. The Labute approximate surface area is 142 Å². The first-order chi connectivity index (χ1) is 12.4. The van der Waals surface area contributed by atoms with Crippen molar-refractivity contribution >= 4 is 39.0 Å². The first-order valence-electron chi connectivity index (χ1n) is 8.25. The minimum absolute atomic E-state index is 0.618. The molecule has 3 aromatic heterocycles. The van der Waals surface area contributed by atoms with Crippen LogP contribution in [-0.4, -0.2) is 14.4 Å². The zero-order chi connectivity index (χ0) is 16.4. The summed E-state index contributed by atoms with van der Waals surface area (Å²) in [5, 5.41) is 1.11. The Hall–Kier alpha value is -3.53. The van der Waals surface area contributed by atoms with E-state index in [1.165, 1.54) is 5.56 Å². The third kappa shape index (κ3) is 1.68. The van der Waals surface area contributed by atoms with Gasteiger partial charge in [-0.25, -0.2) is 4.40 Å². The molecule has 25 heavy (non-hydrogen) atoms. The first kappa shape index (κ1) is 12.8. The fourth-order valence-corrected chi connectivity index (χ4v) is 3.61. The second-order valence-corrected chi connectivity index (χ2v) is 6.25. The van der Waals surface area contributed by atoms with Gasteiger partial charge in [0, 0.05) is 10.9 Å². The van der Waals surface area contributed by atoms with E-state index in [-0.39, 0.29) is 0 Å². The number of hydrogen-bond donors (Lipinski definition) is 1. The molecule has 6 rings (SSSR count). The van der Waals surface area contributed by atoms with Crippen LogP contribution in [0.1, 0.15) is 0 Å². The molecule has 0 aliphatic rings. The van der Waals surface area contributed by atoms with Gasteiger partial charge in [-0.1, -0.05) is 54.6 Å². The number of oxazole rings is 1. The van der Waals surface area contributed by atoms with Gasteiger partial charge in [-0.3, -0.25) is 0 Å². The Morgan fingerprint density at radius 1 is 0.840 bits per heavy atom. The maximum atomic E-state index is 5.97. The van der Waals surface area contributed by atoms with Crippen LogP contribution in [0.4, 0.5) is 0 Å². The summed E-state index contributed by atoms with van der Waals surface area (Å²) in [6.07, 6.45) is 0. The molecule has 4 heteroatoms. The van der Waals surface area contributed by atoms with Gasteiger partial charge in [0.25, 0.3) is 0 Å². The van der Waals surface area contributed by atoms with E-state index in [1.54, 1.807) is 0 Å². The molecule has 0 amide bonds. The lowest BCUT2D eigenvalue weighted by Gasteiger charge is -2.01. The summed E-state index contributed by atoms with van der Waals surface area (Å²) in [7, 11) is 0. The lowest BCUT2D eigenvalue weighted by molar-refractivity contribution is 0.643. The summed E-state index contributed by atoms with van der Waals surface area (Å²) in [4.78, 5) is 8.19. The maximum Gasteiger partial charge on any atom is 0.309 e. The van der Waals surface area contributed by atoms with Gasteiger partial charge in [-0.2, -0.15) is 4.98 Å². The highest BCUT2D eigenvalue weighted by molar-refractivity contribution is 6.06. The average Bonchev–Trinajstić information content (AvgIpc) is 3.29. The van der Waals surface area contributed by atoms with Crippen LogP contribution in [0.25, 0.3) is 50.1 Å². The van der Waals surface area contributed by atoms with Gasteiger partial charge in [0.1, 0.15) is 11.2 Å². The second kappa shape index (κ2) is 4.51. The highest BCUT2D eigenvalue weighted by Gasteiger charge is 2.17. The van der Waals surface area contributed by atoms with E-state index in [4.69, 9.17) is 9.40 Å². The number of H-pyrrole nitrogens is 1. The minimum Gasteiger partial charge on any atom is -0.423 e. The van der Waals surface area contributed by atoms with Crippen LogP contribution >= 0.6 is 0 Å². The average molecular weight is 323 g/mol. The van der Waals surface area contributed by atoms with Gasteiger partial charge in [0.2, 0.25) is 0 Å². The largest absolute Gasteiger partial charge is 0.423 e. The number of benzene rings is 3. The number of fused-ring (bicyclic) bond motifs is 7. The van der Waals surface area contributed by atoms with Crippen molar-refractivity contribution in [2.75, 3.05) is 0 Å². The molecular formula is C21H13N3O. The maximum absolute atomic E-state index is 5.97. The first-order valence-corrected chi connectivity index (χ1v) is 8.25. The lowest BCUT2D eigenvalue weighted by Crippen LogP contribution is -1.83. The van der Waals surface area contributed by atoms with Crippen LogP contribution in [0, 0.1) is 0 Å². The number of hydrogen-bond acceptors (Lipinski definition) is 2. The molecule has 0 unspecified atom stereocenters. The van der Waals surface area contributed by atoms with E-state index in [0.717, 1.165) is 38.7 Å². The van der Waals surface area contributed by atoms with Crippen LogP contribution in [0.3, 0.4) is 0 Å². The summed E-state index contributed by atoms with van der Waals surface area (Å²) >= 11 is 0. The molecule has 0 aliphatic carbocycles. The molecule has 0 radical (unpaired) electrons. The van der Waals surface area contributed by atoms with Crippen molar-refractivity contribution in [3.63, 3.8) is 0 Å². The van der Waals surface area contributed by atoms with E-state index >= 15 is 0 Å². The summed E-state index contributed by atoms with van der Waals surface area (Å²) in [5.41, 5.74) is 7.21. The second-order valence-electron chi connectivity index (χ2n) is 6.25. The summed E-state index contributed by atoms with van der Waals surface area (Å²) in [6, 6.07) is 24.8. The quantitative estimate of drug-likeness (QED) is 0.441. The molecule has 0 saturated carbocycles. The molecule has 0 aliphatic heterocycles. The molecule has 4 nitrogen and oxygen atoms in total. The molecule has 3 heterocycles. The SMILES string of the molecule is c1ccc(-c2ccc3oc4nc5c6ccccc6[nH]c5n4c3c2)cc1. The van der Waals surface area contributed by atoms with Crippen molar-refractivity contribution in [2.24, 2.45) is 0 Å². The molecule has 118 valence electrons. The lowest BCUT2D eigenvalue weighted by atomic mass is 10.1. The van der Waals surface area contributed by atoms with Gasteiger partial charge in [-0.15, -0.1) is 0 Å². The summed E-state index contributed by atoms with van der Waals surface area (Å²) in [6.45, 7) is 0. The normalized spacial score (nSPS) is 12.0. The Kier molecular flexibility index (Phi) is 2.32. The standard InChI is InChI=1S/C21H13N3O/c1-2-6-13(7-3-1)14-10-11-18-17(12-14)24-20-19(23-21(24)25-18)15-8-4-5-9-16(15)22-20/h1-12,22H. The summed E-state index contributed by atoms with van der Waals surface area (Å²) < 4.78 is 8.03. The van der Waals surface area contributed by atoms with E-state index in [2.05, 4.69) is 57.9 Å². The number of aromatic amines is 1. The van der Waals surface area contributed by atoms with Crippen LogP contribution < -0.4 is 0 Å². The third-order valence-corrected chi connectivity index (χ3v) is 4.79. The van der Waals surface area contributed by atoms with Gasteiger partial charge < -0.3 is 9.40 Å². The number of nitrogens with one attached hydrogen (secondary N) is 1. The van der Waals surface area contributed by atoms with E-state index in [0.29, 0.717) is 5.84 Å². The summed E-state index contributed by atoms with van der Waals surface area (Å²) in [5.74, 6) is 0.618. The molecule has 6 aromatic rings. The fourth-order valence-electron chi connectivity index (χ4n) is 3.61. The highest BCUT2D eigenvalue weighted by atomic mass is 16.4. The third-order valence-electron chi connectivity index (χ3n) is 4.79. The molecule has 0 bridgehead atoms. The Balaban J connectivity index is 1.73. The van der Waals surface area contributed by atoms with Gasteiger partial charge >= 0.3 is 5.84 Å². The van der Waals surface area contributed by atoms with Crippen molar-refractivity contribution in [1.29, 1.82) is 0 Å². The molecule has 0 atom stereocenters. The van der Waals surface area contributed by atoms with Crippen molar-refractivity contribution in [2.45, 2.75) is 0 Å². The zero-order valence-electron chi connectivity index (χ0n) is 13.2. The van der Waals surface area contributed by atoms with E-state index in [1.807, 2.05) is 24.3 Å². The Morgan fingerprint density at radius 3 is 2.60 bits per heavy atom. The number of para-hydroxylation sites is 1. The van der Waals surface area contributed by atoms with Crippen molar-refractivity contribution in [1.82, 2.24) is 14.4 Å². The Bertz CT molecular complexity index is 1390. The van der Waals surface area contributed by atoms with E-state index in [9.17, 15) is 0 Å². The monoisotopic (exact) mass is 323 g/mol. The van der Waals surface area contributed by atoms with Gasteiger partial charge in [0.05, 0.1) is 5.52 Å². The predicted octanol–water partition coefficient (Wildman–Crippen LogP) is 5.38. The number of imidazole rings is 1. The van der Waals surface area contributed by atoms with E-state index < -0.39 is 0 Å². The minimum atomic E-state index is 0.618. The number of aromatic nitrogens is 3. The van der Waals surface area contributed by atoms with Crippen LogP contribution in [0.2, 0.25) is 0 Å². The zero-order valence-corrected chi connectivity index (χ0v) is 13.2. The topological polar surface area (TPSA) is 46.2 Å². The molecule has 0 spiro atoms. The fraction of sp³-hybridized carbons (Fsp3) is 0. The molecule has 0 fully saturated rings. The molecule has 3 aromatic carbocycles. The smallest absolute Gasteiger partial charge is 0.309 e. The predicted molar refractivity (Wildman–Crippen MR) is 99.8 cm³/mol. The highest BCUT2D eigenvalue weighted by Crippen LogP contribution is 2.32. The van der Waals surface area contributed by atoms with Crippen molar-refractivity contribution in [3.8, 4) is 11.1 Å². The van der Waals surface area contributed by atoms with Gasteiger partial charge in [-0.05, 0) is 29.3 Å². The number of nitrogens with zero attached hydrogens (tertiary/aromatic N) is 2. The molecule has 1 N–H and O–H groups in total. The van der Waals surface area contributed by atoms with Gasteiger partial charge in [0.15, 0.2) is 5.58 Å².